The van der Waals surface area contributed by atoms with E-state index in [9.17, 15) is 4.79 Å². The monoisotopic (exact) mass is 438 g/mol. The van der Waals surface area contributed by atoms with Gasteiger partial charge in [0.15, 0.2) is 0 Å². The largest absolute Gasteiger partial charge is 0.481 e. The molecule has 7 heteroatoms. The minimum absolute atomic E-state index is 0.131. The molecule has 1 unspecified atom stereocenters. The van der Waals surface area contributed by atoms with E-state index < -0.39 is 6.10 Å². The highest BCUT2D eigenvalue weighted by molar-refractivity contribution is 5.69. The Morgan fingerprint density at radius 3 is 1.90 bits per heavy atom. The van der Waals surface area contributed by atoms with Crippen molar-refractivity contribution in [2.45, 2.75) is 98.0 Å². The lowest BCUT2D eigenvalue weighted by Gasteiger charge is -2.29. The number of carbonyl (C=O) groups excluding carboxylic acids is 1. The summed E-state index contributed by atoms with van der Waals surface area (Å²) in [5.74, 6) is 0.499. The minimum atomic E-state index is -0.406. The number of methoxy groups -OCH3 is 2. The first-order chi connectivity index (χ1) is 14.8. The Kier molecular flexibility index (Phi) is 12.9. The molecule has 0 radical (unpaired) electrons. The molecular formula is C24H42N2O5. The van der Waals surface area contributed by atoms with E-state index >= 15 is 0 Å². The third kappa shape index (κ3) is 11.8. The summed E-state index contributed by atoms with van der Waals surface area (Å²) in [5.41, 5.74) is -0.280. The number of nitrogens with zero attached hydrogens (tertiary/aromatic N) is 2. The van der Waals surface area contributed by atoms with E-state index in [1.165, 1.54) is 59.2 Å². The Morgan fingerprint density at radius 1 is 0.903 bits per heavy atom. The molecular weight excluding hydrogens is 396 g/mol. The average molecular weight is 439 g/mol. The van der Waals surface area contributed by atoms with Crippen molar-refractivity contribution in [3.63, 3.8) is 0 Å². The van der Waals surface area contributed by atoms with Gasteiger partial charge in [-0.05, 0) is 6.42 Å². The van der Waals surface area contributed by atoms with Crippen molar-refractivity contribution in [3.05, 3.63) is 6.07 Å². The van der Waals surface area contributed by atoms with Crippen LogP contribution in [-0.2, 0) is 9.53 Å². The second kappa shape index (κ2) is 14.9. The van der Waals surface area contributed by atoms with Gasteiger partial charge in [-0.1, -0.05) is 79.1 Å². The van der Waals surface area contributed by atoms with Crippen LogP contribution in [0.5, 0.6) is 17.8 Å². The Labute approximate surface area is 188 Å². The van der Waals surface area contributed by atoms with Crippen LogP contribution in [0.2, 0.25) is 0 Å². The number of rotatable bonds is 16. The molecule has 31 heavy (non-hydrogen) atoms. The number of aromatic nitrogens is 2. The van der Waals surface area contributed by atoms with Crippen molar-refractivity contribution >= 4 is 5.97 Å². The van der Waals surface area contributed by atoms with Crippen LogP contribution in [0.1, 0.15) is 91.9 Å². The van der Waals surface area contributed by atoms with Crippen LogP contribution in [-0.4, -0.2) is 42.9 Å². The fourth-order valence-corrected chi connectivity index (χ4v) is 3.05. The summed E-state index contributed by atoms with van der Waals surface area (Å²) in [5, 5.41) is 0. The molecule has 0 amide bonds. The van der Waals surface area contributed by atoms with Crippen LogP contribution >= 0.6 is 0 Å². The SMILES string of the molecule is CCCCCCCCCCCC(=O)OCC(Oc1nc(OC)cc(OC)n1)C(C)(C)C. The highest BCUT2D eigenvalue weighted by atomic mass is 16.6. The summed E-state index contributed by atoms with van der Waals surface area (Å²) in [7, 11) is 3.03. The maximum Gasteiger partial charge on any atom is 0.323 e. The lowest BCUT2D eigenvalue weighted by Crippen LogP contribution is -2.37. The van der Waals surface area contributed by atoms with E-state index in [1.54, 1.807) is 6.07 Å². The molecule has 0 aliphatic heterocycles. The number of esters is 1. The van der Waals surface area contributed by atoms with Crippen LogP contribution < -0.4 is 14.2 Å². The third-order valence-corrected chi connectivity index (χ3v) is 5.17. The lowest BCUT2D eigenvalue weighted by molar-refractivity contribution is -0.148. The second-order valence-corrected chi connectivity index (χ2v) is 8.97. The van der Waals surface area contributed by atoms with Crippen molar-refractivity contribution in [2.24, 2.45) is 5.41 Å². The van der Waals surface area contributed by atoms with E-state index in [4.69, 9.17) is 18.9 Å². The molecule has 7 nitrogen and oxygen atoms in total. The normalized spacial score (nSPS) is 12.3. The smallest absolute Gasteiger partial charge is 0.323 e. The number of ether oxygens (including phenoxy) is 4. The van der Waals surface area contributed by atoms with Gasteiger partial charge in [-0.25, -0.2) is 0 Å². The molecule has 178 valence electrons. The van der Waals surface area contributed by atoms with Crippen molar-refractivity contribution < 1.29 is 23.7 Å². The molecule has 1 heterocycles. The van der Waals surface area contributed by atoms with E-state index in [-0.39, 0.29) is 24.0 Å². The van der Waals surface area contributed by atoms with Crippen molar-refractivity contribution in [1.82, 2.24) is 9.97 Å². The maximum absolute atomic E-state index is 12.2. The summed E-state index contributed by atoms with van der Waals surface area (Å²) in [6.07, 6.45) is 11.0. The minimum Gasteiger partial charge on any atom is -0.481 e. The van der Waals surface area contributed by atoms with Gasteiger partial charge in [-0.15, -0.1) is 0 Å². The zero-order chi connectivity index (χ0) is 23.1. The van der Waals surface area contributed by atoms with Gasteiger partial charge >= 0.3 is 12.0 Å². The van der Waals surface area contributed by atoms with E-state index in [1.807, 2.05) is 20.8 Å². The summed E-state index contributed by atoms with van der Waals surface area (Å²) >= 11 is 0. The van der Waals surface area contributed by atoms with Crippen LogP contribution in [0.3, 0.4) is 0 Å². The number of hydrogen-bond donors (Lipinski definition) is 0. The molecule has 1 rings (SSSR count). The van der Waals surface area contributed by atoms with Gasteiger partial charge in [0.1, 0.15) is 12.7 Å². The highest BCUT2D eigenvalue weighted by Crippen LogP contribution is 2.26. The quantitative estimate of drug-likeness (QED) is 0.240. The molecule has 0 aromatic carbocycles. The van der Waals surface area contributed by atoms with Gasteiger partial charge in [0.05, 0.1) is 20.3 Å². The molecule has 0 N–H and O–H groups in total. The molecule has 1 atom stereocenters. The topological polar surface area (TPSA) is 79.8 Å². The summed E-state index contributed by atoms with van der Waals surface area (Å²) < 4.78 is 21.8. The van der Waals surface area contributed by atoms with Crippen molar-refractivity contribution in [2.75, 3.05) is 20.8 Å². The Balaban J connectivity index is 2.40. The molecule has 0 aliphatic carbocycles. The van der Waals surface area contributed by atoms with E-state index in [0.717, 1.165) is 12.8 Å². The zero-order valence-electron chi connectivity index (χ0n) is 20.4. The highest BCUT2D eigenvalue weighted by Gasteiger charge is 2.29. The molecule has 0 aliphatic rings. The van der Waals surface area contributed by atoms with Gasteiger partial charge in [0.25, 0.3) is 0 Å². The third-order valence-electron chi connectivity index (χ3n) is 5.17. The second-order valence-electron chi connectivity index (χ2n) is 8.97. The predicted molar refractivity (Wildman–Crippen MR) is 122 cm³/mol. The predicted octanol–water partition coefficient (Wildman–Crippen LogP) is 5.75. The van der Waals surface area contributed by atoms with Crippen molar-refractivity contribution in [3.8, 4) is 17.8 Å². The number of unbranched alkanes of at least 4 members (excludes halogenated alkanes) is 8. The molecule has 1 aromatic rings. The van der Waals surface area contributed by atoms with Gasteiger partial charge in [0, 0.05) is 11.8 Å². The fraction of sp³-hybridized carbons (Fsp3) is 0.792. The van der Waals surface area contributed by atoms with Gasteiger partial charge in [-0.3, -0.25) is 4.79 Å². The van der Waals surface area contributed by atoms with Crippen LogP contribution in [0, 0.1) is 5.41 Å². The molecule has 0 fully saturated rings. The maximum atomic E-state index is 12.2. The summed E-state index contributed by atoms with van der Waals surface area (Å²) in [6.45, 7) is 8.43. The van der Waals surface area contributed by atoms with E-state index in [0.29, 0.717) is 18.2 Å². The lowest BCUT2D eigenvalue weighted by atomic mass is 9.89. The van der Waals surface area contributed by atoms with Crippen LogP contribution in [0.25, 0.3) is 0 Å². The van der Waals surface area contributed by atoms with E-state index in [2.05, 4.69) is 16.9 Å². The number of hydrogen-bond acceptors (Lipinski definition) is 7. The average Bonchev–Trinajstić information content (AvgIpc) is 2.74. The summed E-state index contributed by atoms with van der Waals surface area (Å²) in [6, 6.07) is 1.70. The first kappa shape index (κ1) is 27.0. The van der Waals surface area contributed by atoms with Gasteiger partial charge in [-0.2, -0.15) is 9.97 Å². The van der Waals surface area contributed by atoms with Crippen LogP contribution in [0.4, 0.5) is 0 Å². The summed E-state index contributed by atoms with van der Waals surface area (Å²) in [4.78, 5) is 20.6. The molecule has 0 spiro atoms. The zero-order valence-corrected chi connectivity index (χ0v) is 20.4. The first-order valence-electron chi connectivity index (χ1n) is 11.6. The van der Waals surface area contributed by atoms with Crippen LogP contribution in [0.15, 0.2) is 6.07 Å². The Bertz CT molecular complexity index is 609. The fourth-order valence-electron chi connectivity index (χ4n) is 3.05. The first-order valence-corrected chi connectivity index (χ1v) is 11.6. The number of carbonyl (C=O) groups is 1. The molecule has 0 saturated heterocycles. The Hall–Kier alpha value is -2.05. The van der Waals surface area contributed by atoms with Crippen molar-refractivity contribution in [1.29, 1.82) is 0 Å². The molecule has 0 saturated carbocycles. The Morgan fingerprint density at radius 2 is 1.42 bits per heavy atom. The molecule has 1 aromatic heterocycles. The standard InChI is InChI=1S/C24H42N2O5/c1-7-8-9-10-11-12-13-14-15-16-22(27)30-18-19(24(2,3)4)31-23-25-20(28-5)17-21(26-23)29-6/h17,19H,7-16,18H2,1-6H3. The van der Waals surface area contributed by atoms with Gasteiger partial charge in [0.2, 0.25) is 11.8 Å². The molecule has 0 bridgehead atoms. The van der Waals surface area contributed by atoms with Gasteiger partial charge < -0.3 is 18.9 Å².